The Morgan fingerprint density at radius 1 is 1.33 bits per heavy atom. The number of nitrogens with one attached hydrogen (secondary N) is 1. The van der Waals surface area contributed by atoms with Crippen molar-refractivity contribution < 1.29 is 5.11 Å². The minimum Gasteiger partial charge on any atom is -0.508 e. The zero-order valence-electron chi connectivity index (χ0n) is 8.79. The fourth-order valence-corrected chi connectivity index (χ4v) is 2.73. The highest BCUT2D eigenvalue weighted by Gasteiger charge is 2.02. The number of fused-ring (bicyclic) bond motifs is 1. The summed E-state index contributed by atoms with van der Waals surface area (Å²) in [6.07, 6.45) is 2.27. The molecule has 0 radical (unpaired) electrons. The van der Waals surface area contributed by atoms with Gasteiger partial charge in [-0.15, -0.1) is 11.3 Å². The van der Waals surface area contributed by atoms with Crippen LogP contribution >= 0.6 is 11.3 Å². The Kier molecular flexibility index (Phi) is 3.23. The second-order valence-electron chi connectivity index (χ2n) is 3.64. The van der Waals surface area contributed by atoms with Crippen molar-refractivity contribution >= 4 is 21.4 Å². The molecule has 2 aromatic rings. The molecule has 2 N–H and O–H groups in total. The van der Waals surface area contributed by atoms with Gasteiger partial charge in [-0.25, -0.2) is 0 Å². The first kappa shape index (κ1) is 10.5. The lowest BCUT2D eigenvalue weighted by molar-refractivity contribution is 0.476. The predicted octanol–water partition coefficient (Wildman–Crippen LogP) is 2.76. The van der Waals surface area contributed by atoms with Crippen molar-refractivity contribution in [1.29, 1.82) is 0 Å². The third-order valence-electron chi connectivity index (χ3n) is 2.40. The summed E-state index contributed by atoms with van der Waals surface area (Å²) < 4.78 is 1.26. The molecule has 0 atom stereocenters. The van der Waals surface area contributed by atoms with Crippen molar-refractivity contribution in [3.05, 3.63) is 29.1 Å². The van der Waals surface area contributed by atoms with Crippen LogP contribution in [0.2, 0.25) is 0 Å². The summed E-state index contributed by atoms with van der Waals surface area (Å²) in [6.45, 7) is 1.06. The summed E-state index contributed by atoms with van der Waals surface area (Å²) >= 11 is 1.82. The highest BCUT2D eigenvalue weighted by molar-refractivity contribution is 7.19. The van der Waals surface area contributed by atoms with Crippen molar-refractivity contribution in [2.45, 2.75) is 12.8 Å². The molecule has 0 unspecified atom stereocenters. The summed E-state index contributed by atoms with van der Waals surface area (Å²) in [5, 5.41) is 13.6. The number of thiophene rings is 1. The number of phenolic OH excluding ortho intramolecular Hbond substituents is 1. The molecule has 3 heteroatoms. The van der Waals surface area contributed by atoms with Crippen LogP contribution in [0.15, 0.2) is 24.3 Å². The summed E-state index contributed by atoms with van der Waals surface area (Å²) in [4.78, 5) is 1.39. The molecule has 15 heavy (non-hydrogen) atoms. The maximum absolute atomic E-state index is 9.35. The molecule has 0 spiro atoms. The van der Waals surface area contributed by atoms with E-state index in [9.17, 15) is 5.11 Å². The molecule has 1 aromatic heterocycles. The first-order valence-electron chi connectivity index (χ1n) is 5.15. The lowest BCUT2D eigenvalue weighted by Crippen LogP contribution is -2.07. The molecular formula is C12H15NOS. The smallest absolute Gasteiger partial charge is 0.116 e. The third-order valence-corrected chi connectivity index (χ3v) is 3.58. The SMILES string of the molecule is CNCCCc1cc2cc(O)ccc2s1. The molecular weight excluding hydrogens is 206 g/mol. The summed E-state index contributed by atoms with van der Waals surface area (Å²) in [5.41, 5.74) is 0. The highest BCUT2D eigenvalue weighted by Crippen LogP contribution is 2.29. The molecule has 2 rings (SSSR count). The van der Waals surface area contributed by atoms with Gasteiger partial charge in [-0.05, 0) is 56.1 Å². The number of aromatic hydroxyl groups is 1. The molecule has 0 amide bonds. The van der Waals surface area contributed by atoms with E-state index >= 15 is 0 Å². The molecule has 0 fully saturated rings. The van der Waals surface area contributed by atoms with Gasteiger partial charge in [0.15, 0.2) is 0 Å². The van der Waals surface area contributed by atoms with E-state index in [4.69, 9.17) is 0 Å². The molecule has 80 valence electrons. The van der Waals surface area contributed by atoms with Crippen molar-refractivity contribution in [3.63, 3.8) is 0 Å². The van der Waals surface area contributed by atoms with E-state index < -0.39 is 0 Å². The fourth-order valence-electron chi connectivity index (χ4n) is 1.65. The summed E-state index contributed by atoms with van der Waals surface area (Å²) in [6, 6.07) is 7.73. The third kappa shape index (κ3) is 2.49. The van der Waals surface area contributed by atoms with Gasteiger partial charge in [-0.3, -0.25) is 0 Å². The Labute approximate surface area is 93.6 Å². The van der Waals surface area contributed by atoms with Gasteiger partial charge in [0, 0.05) is 9.58 Å². The van der Waals surface area contributed by atoms with E-state index in [1.807, 2.05) is 30.5 Å². The van der Waals surface area contributed by atoms with Crippen molar-refractivity contribution in [1.82, 2.24) is 5.32 Å². The number of phenols is 1. The topological polar surface area (TPSA) is 32.3 Å². The Hall–Kier alpha value is -1.06. The van der Waals surface area contributed by atoms with Crippen LogP contribution in [0, 0.1) is 0 Å². The standard InChI is InChI=1S/C12H15NOS/c1-13-6-2-3-11-8-9-7-10(14)4-5-12(9)15-11/h4-5,7-8,13-14H,2-3,6H2,1H3. The second-order valence-corrected chi connectivity index (χ2v) is 4.81. The van der Waals surface area contributed by atoms with Crippen LogP contribution in [0.3, 0.4) is 0 Å². The van der Waals surface area contributed by atoms with Gasteiger partial charge in [0.2, 0.25) is 0 Å². The predicted molar refractivity (Wildman–Crippen MR) is 65.7 cm³/mol. The van der Waals surface area contributed by atoms with Crippen LogP contribution in [-0.4, -0.2) is 18.7 Å². The van der Waals surface area contributed by atoms with Crippen molar-refractivity contribution in [3.8, 4) is 5.75 Å². The van der Waals surface area contributed by atoms with Crippen LogP contribution < -0.4 is 5.32 Å². The van der Waals surface area contributed by atoms with Crippen LogP contribution in [0.4, 0.5) is 0 Å². The maximum atomic E-state index is 9.35. The monoisotopic (exact) mass is 221 g/mol. The molecule has 0 aliphatic rings. The zero-order chi connectivity index (χ0) is 10.7. The minimum atomic E-state index is 0.349. The van der Waals surface area contributed by atoms with Gasteiger partial charge in [0.1, 0.15) is 5.75 Å². The first-order valence-corrected chi connectivity index (χ1v) is 5.97. The van der Waals surface area contributed by atoms with Crippen molar-refractivity contribution in [2.24, 2.45) is 0 Å². The van der Waals surface area contributed by atoms with Gasteiger partial charge in [-0.2, -0.15) is 0 Å². The number of aryl methyl sites for hydroxylation is 1. The van der Waals surface area contributed by atoms with E-state index in [1.165, 1.54) is 9.58 Å². The minimum absolute atomic E-state index is 0.349. The number of benzene rings is 1. The summed E-state index contributed by atoms with van der Waals surface area (Å²) in [7, 11) is 1.98. The lowest BCUT2D eigenvalue weighted by Gasteiger charge is -1.95. The number of hydrogen-bond acceptors (Lipinski definition) is 3. The zero-order valence-corrected chi connectivity index (χ0v) is 9.60. The van der Waals surface area contributed by atoms with Crippen molar-refractivity contribution in [2.75, 3.05) is 13.6 Å². The molecule has 1 aromatic carbocycles. The van der Waals surface area contributed by atoms with E-state index in [-0.39, 0.29) is 0 Å². The molecule has 0 saturated heterocycles. The quantitative estimate of drug-likeness (QED) is 0.778. The van der Waals surface area contributed by atoms with Crippen LogP contribution in [0.5, 0.6) is 5.75 Å². The van der Waals surface area contributed by atoms with E-state index in [0.29, 0.717) is 5.75 Å². The molecule has 0 aliphatic heterocycles. The number of hydrogen-bond donors (Lipinski definition) is 2. The van der Waals surface area contributed by atoms with Gasteiger partial charge < -0.3 is 10.4 Å². The molecule has 0 aliphatic carbocycles. The van der Waals surface area contributed by atoms with Crippen LogP contribution in [0.25, 0.3) is 10.1 Å². The molecule has 1 heterocycles. The highest BCUT2D eigenvalue weighted by atomic mass is 32.1. The van der Waals surface area contributed by atoms with E-state index in [1.54, 1.807) is 6.07 Å². The Bertz CT molecular complexity index is 450. The van der Waals surface area contributed by atoms with Crippen LogP contribution in [-0.2, 0) is 6.42 Å². The fraction of sp³-hybridized carbons (Fsp3) is 0.333. The van der Waals surface area contributed by atoms with Crippen LogP contribution in [0.1, 0.15) is 11.3 Å². The molecule has 2 nitrogen and oxygen atoms in total. The average molecular weight is 221 g/mol. The Morgan fingerprint density at radius 2 is 2.20 bits per heavy atom. The molecule has 0 saturated carbocycles. The second kappa shape index (κ2) is 4.64. The Morgan fingerprint density at radius 3 is 3.00 bits per heavy atom. The normalized spacial score (nSPS) is 11.0. The van der Waals surface area contributed by atoms with Gasteiger partial charge in [0.05, 0.1) is 0 Å². The van der Waals surface area contributed by atoms with Gasteiger partial charge in [0.25, 0.3) is 0 Å². The van der Waals surface area contributed by atoms with E-state index in [0.717, 1.165) is 24.8 Å². The largest absolute Gasteiger partial charge is 0.508 e. The van der Waals surface area contributed by atoms with E-state index in [2.05, 4.69) is 11.4 Å². The maximum Gasteiger partial charge on any atom is 0.116 e. The summed E-state index contributed by atoms with van der Waals surface area (Å²) in [5.74, 6) is 0.349. The van der Waals surface area contributed by atoms with Gasteiger partial charge in [-0.1, -0.05) is 0 Å². The van der Waals surface area contributed by atoms with Gasteiger partial charge >= 0.3 is 0 Å². The number of rotatable bonds is 4. The average Bonchev–Trinajstić information content (AvgIpc) is 2.60. The Balaban J connectivity index is 2.16. The first-order chi connectivity index (χ1) is 7.29. The molecule has 0 bridgehead atoms. The lowest BCUT2D eigenvalue weighted by atomic mass is 10.2.